The number of carbonyl (C=O) groups excluding carboxylic acids is 1. The maximum absolute atomic E-state index is 12.3. The second-order valence-corrected chi connectivity index (χ2v) is 5.14. The number of hydrogen-bond acceptors (Lipinski definition) is 3. The van der Waals surface area contributed by atoms with Crippen LogP contribution in [0.25, 0.3) is 10.8 Å². The quantitative estimate of drug-likeness (QED) is 0.598. The van der Waals surface area contributed by atoms with E-state index in [0.717, 1.165) is 5.39 Å². The summed E-state index contributed by atoms with van der Waals surface area (Å²) in [6.07, 6.45) is 0. The van der Waals surface area contributed by atoms with E-state index >= 15 is 0 Å². The van der Waals surface area contributed by atoms with Crippen LogP contribution in [-0.2, 0) is 0 Å². The lowest BCUT2D eigenvalue weighted by atomic mass is 10.0. The molecule has 0 saturated heterocycles. The Morgan fingerprint density at radius 2 is 1.57 bits per heavy atom. The molecule has 0 fully saturated rings. The number of phenolic OH excluding ortho intramolecular Hbond substituents is 1. The summed E-state index contributed by atoms with van der Waals surface area (Å²) in [5, 5.41) is 14.5. The van der Waals surface area contributed by atoms with Gasteiger partial charge < -0.3 is 10.4 Å². The van der Waals surface area contributed by atoms with Gasteiger partial charge in [0, 0.05) is 16.0 Å². The van der Waals surface area contributed by atoms with Crippen molar-refractivity contribution in [2.24, 2.45) is 0 Å². The summed E-state index contributed by atoms with van der Waals surface area (Å²) in [6.45, 7) is 0. The van der Waals surface area contributed by atoms with Gasteiger partial charge in [-0.1, -0.05) is 42.5 Å². The van der Waals surface area contributed by atoms with Gasteiger partial charge in [-0.25, -0.2) is 0 Å². The lowest BCUT2D eigenvalue weighted by Crippen LogP contribution is -2.12. The third-order valence-corrected chi connectivity index (χ3v) is 3.64. The number of carbonyl (C=O) groups is 1. The molecule has 0 bridgehead atoms. The standard InChI is InChI=1S/C17H13NO2S.CH3F/c19-16-13-9-5-4-8-12(13)15(21)10-14(16)17(20)18-11-6-2-1-3-7-11;1-2/h1-10,19,21H,(H,18,20);1H3. The zero-order chi connectivity index (χ0) is 16.8. The number of alkyl halides is 1. The van der Waals surface area contributed by atoms with Crippen molar-refractivity contribution < 1.29 is 14.3 Å². The Hall–Kier alpha value is -2.53. The Bertz CT molecular complexity index is 822. The van der Waals surface area contributed by atoms with Crippen LogP contribution in [0.3, 0.4) is 0 Å². The van der Waals surface area contributed by atoms with Gasteiger partial charge in [-0.05, 0) is 23.6 Å². The van der Waals surface area contributed by atoms with Crippen molar-refractivity contribution in [1.29, 1.82) is 0 Å². The monoisotopic (exact) mass is 329 g/mol. The number of para-hydroxylation sites is 1. The molecule has 1 amide bonds. The van der Waals surface area contributed by atoms with Gasteiger partial charge in [0.2, 0.25) is 0 Å². The third kappa shape index (κ3) is 3.63. The first kappa shape index (κ1) is 16.8. The summed E-state index contributed by atoms with van der Waals surface area (Å²) in [5.74, 6) is -0.392. The second kappa shape index (κ2) is 7.65. The normalized spacial score (nSPS) is 9.87. The maximum atomic E-state index is 12.3. The number of nitrogens with one attached hydrogen (secondary N) is 1. The van der Waals surface area contributed by atoms with Crippen molar-refractivity contribution in [2.45, 2.75) is 4.90 Å². The minimum Gasteiger partial charge on any atom is -0.506 e. The van der Waals surface area contributed by atoms with E-state index in [2.05, 4.69) is 17.9 Å². The minimum atomic E-state index is -0.361. The van der Waals surface area contributed by atoms with E-state index < -0.39 is 0 Å². The number of benzene rings is 3. The fourth-order valence-corrected chi connectivity index (χ4v) is 2.56. The molecule has 3 rings (SSSR count). The number of hydrogen-bond donors (Lipinski definition) is 3. The van der Waals surface area contributed by atoms with Crippen LogP contribution in [0.15, 0.2) is 65.6 Å². The number of rotatable bonds is 2. The van der Waals surface area contributed by atoms with Crippen LogP contribution in [0.4, 0.5) is 10.1 Å². The van der Waals surface area contributed by atoms with Gasteiger partial charge in [0.1, 0.15) is 5.75 Å². The fourth-order valence-electron chi connectivity index (χ4n) is 2.23. The Balaban J connectivity index is 0.000000924. The second-order valence-electron chi connectivity index (χ2n) is 4.66. The molecule has 3 aromatic carbocycles. The first-order chi connectivity index (χ1) is 11.2. The number of aromatic hydroxyl groups is 1. The zero-order valence-corrected chi connectivity index (χ0v) is 13.3. The molecule has 0 radical (unpaired) electrons. The molecule has 3 aromatic rings. The molecular formula is C18H16FNO2S. The van der Waals surface area contributed by atoms with Crippen LogP contribution in [-0.4, -0.2) is 18.2 Å². The largest absolute Gasteiger partial charge is 0.506 e. The lowest BCUT2D eigenvalue weighted by molar-refractivity contribution is 0.102. The topological polar surface area (TPSA) is 49.3 Å². The lowest BCUT2D eigenvalue weighted by Gasteiger charge is -2.11. The van der Waals surface area contributed by atoms with Gasteiger partial charge in [0.25, 0.3) is 5.91 Å². The smallest absolute Gasteiger partial charge is 0.259 e. The third-order valence-electron chi connectivity index (χ3n) is 3.27. The van der Waals surface area contributed by atoms with E-state index in [4.69, 9.17) is 0 Å². The van der Waals surface area contributed by atoms with Crippen molar-refractivity contribution in [3.63, 3.8) is 0 Å². The van der Waals surface area contributed by atoms with Gasteiger partial charge in [0.05, 0.1) is 12.7 Å². The van der Waals surface area contributed by atoms with Crippen LogP contribution in [0.1, 0.15) is 10.4 Å². The summed E-state index contributed by atoms with van der Waals surface area (Å²) >= 11 is 4.40. The Morgan fingerprint density at radius 3 is 2.22 bits per heavy atom. The molecule has 0 aliphatic rings. The summed E-state index contributed by atoms with van der Waals surface area (Å²) in [6, 6.07) is 18.0. The predicted octanol–water partition coefficient (Wildman–Crippen LogP) is 4.67. The predicted molar refractivity (Wildman–Crippen MR) is 94.3 cm³/mol. The molecule has 0 spiro atoms. The maximum Gasteiger partial charge on any atom is 0.259 e. The first-order valence-electron chi connectivity index (χ1n) is 6.84. The average Bonchev–Trinajstić information content (AvgIpc) is 2.61. The highest BCUT2D eigenvalue weighted by molar-refractivity contribution is 7.80. The van der Waals surface area contributed by atoms with E-state index in [1.165, 1.54) is 0 Å². The number of amides is 1. The van der Waals surface area contributed by atoms with Gasteiger partial charge in [-0.15, -0.1) is 12.6 Å². The molecule has 0 unspecified atom stereocenters. The number of fused-ring (bicyclic) bond motifs is 1. The van der Waals surface area contributed by atoms with E-state index in [-0.39, 0.29) is 17.2 Å². The highest BCUT2D eigenvalue weighted by Crippen LogP contribution is 2.33. The molecular weight excluding hydrogens is 313 g/mol. The molecule has 23 heavy (non-hydrogen) atoms. The highest BCUT2D eigenvalue weighted by atomic mass is 32.1. The van der Waals surface area contributed by atoms with E-state index in [9.17, 15) is 14.3 Å². The molecule has 0 aromatic heterocycles. The highest BCUT2D eigenvalue weighted by Gasteiger charge is 2.16. The molecule has 5 heteroatoms. The summed E-state index contributed by atoms with van der Waals surface area (Å²) in [4.78, 5) is 13.0. The minimum absolute atomic E-state index is 0.0307. The van der Waals surface area contributed by atoms with Crippen molar-refractivity contribution in [2.75, 3.05) is 12.5 Å². The van der Waals surface area contributed by atoms with Gasteiger partial charge >= 0.3 is 0 Å². The fraction of sp³-hybridized carbons (Fsp3) is 0.0556. The number of anilines is 1. The average molecular weight is 329 g/mol. The van der Waals surface area contributed by atoms with E-state index in [1.807, 2.05) is 36.4 Å². The van der Waals surface area contributed by atoms with Crippen LogP contribution < -0.4 is 5.32 Å². The summed E-state index contributed by atoms with van der Waals surface area (Å²) < 4.78 is 9.50. The zero-order valence-electron chi connectivity index (χ0n) is 12.5. The first-order valence-corrected chi connectivity index (χ1v) is 7.29. The number of phenols is 1. The molecule has 0 aliphatic heterocycles. The molecule has 118 valence electrons. The van der Waals surface area contributed by atoms with Crippen LogP contribution in [0.2, 0.25) is 0 Å². The molecule has 0 heterocycles. The molecule has 2 N–H and O–H groups in total. The van der Waals surface area contributed by atoms with Crippen LogP contribution in [0, 0.1) is 0 Å². The van der Waals surface area contributed by atoms with Gasteiger partial charge in [-0.3, -0.25) is 9.18 Å². The van der Waals surface area contributed by atoms with Crippen molar-refractivity contribution in [3.05, 3.63) is 66.2 Å². The van der Waals surface area contributed by atoms with Crippen molar-refractivity contribution in [3.8, 4) is 5.75 Å². The number of halogens is 1. The van der Waals surface area contributed by atoms with Gasteiger partial charge in [0.15, 0.2) is 0 Å². The van der Waals surface area contributed by atoms with E-state index in [0.29, 0.717) is 23.1 Å². The Labute approximate surface area is 139 Å². The molecule has 3 nitrogen and oxygen atoms in total. The molecule has 0 aliphatic carbocycles. The summed E-state index contributed by atoms with van der Waals surface area (Å²) in [5.41, 5.74) is 0.887. The van der Waals surface area contributed by atoms with Crippen molar-refractivity contribution >= 4 is 35.0 Å². The summed E-state index contributed by atoms with van der Waals surface area (Å²) in [7, 11) is 0.500. The SMILES string of the molecule is CF.O=C(Nc1ccccc1)c1cc(S)c2ccccc2c1O. The Morgan fingerprint density at radius 1 is 1.00 bits per heavy atom. The molecule has 0 saturated carbocycles. The molecule has 0 atom stereocenters. The number of thiol groups is 1. The van der Waals surface area contributed by atoms with Crippen molar-refractivity contribution in [1.82, 2.24) is 0 Å². The van der Waals surface area contributed by atoms with Crippen LogP contribution in [0.5, 0.6) is 5.75 Å². The van der Waals surface area contributed by atoms with Crippen LogP contribution >= 0.6 is 12.6 Å². The van der Waals surface area contributed by atoms with E-state index in [1.54, 1.807) is 24.3 Å². The Kier molecular flexibility index (Phi) is 5.60. The van der Waals surface area contributed by atoms with Gasteiger partial charge in [-0.2, -0.15) is 0 Å².